The summed E-state index contributed by atoms with van der Waals surface area (Å²) in [7, 11) is 0. The van der Waals surface area contributed by atoms with Gasteiger partial charge in [0.05, 0.1) is 19.8 Å². The summed E-state index contributed by atoms with van der Waals surface area (Å²) < 4.78 is 15.4. The highest BCUT2D eigenvalue weighted by molar-refractivity contribution is 6.30. The Morgan fingerprint density at radius 2 is 1.90 bits per heavy atom. The normalized spacial score (nSPS) is 17.4. The second kappa shape index (κ2) is 9.29. The maximum atomic E-state index is 6.42. The molecule has 0 aliphatic carbocycles. The summed E-state index contributed by atoms with van der Waals surface area (Å²) in [6.45, 7) is 10.2. The highest BCUT2D eigenvalue weighted by Gasteiger charge is 2.40. The van der Waals surface area contributed by atoms with Gasteiger partial charge in [0.25, 0.3) is 0 Å². The fourth-order valence-corrected chi connectivity index (χ4v) is 3.80. The first-order chi connectivity index (χ1) is 14.9. The fraction of sp³-hybridized carbons (Fsp3) is 0.550. The Balaban J connectivity index is 1.69. The van der Waals surface area contributed by atoms with Gasteiger partial charge in [0.1, 0.15) is 24.4 Å². The third-order valence-electron chi connectivity index (χ3n) is 5.22. The maximum absolute atomic E-state index is 6.42. The van der Waals surface area contributed by atoms with Gasteiger partial charge >= 0.3 is 0 Å². The molecule has 1 aliphatic rings. The van der Waals surface area contributed by atoms with E-state index in [9.17, 15) is 0 Å². The van der Waals surface area contributed by atoms with E-state index in [1.165, 1.54) is 6.33 Å². The molecule has 1 saturated heterocycles. The van der Waals surface area contributed by atoms with Crippen LogP contribution in [0.1, 0.15) is 38.9 Å². The number of rotatable bonds is 7. The lowest BCUT2D eigenvalue weighted by Gasteiger charge is -2.37. The maximum Gasteiger partial charge on any atom is 0.215 e. The molecule has 2 atom stereocenters. The van der Waals surface area contributed by atoms with Crippen molar-refractivity contribution >= 4 is 11.6 Å². The zero-order valence-electron chi connectivity index (χ0n) is 17.9. The van der Waals surface area contributed by atoms with Gasteiger partial charge in [-0.1, -0.05) is 32.4 Å². The van der Waals surface area contributed by atoms with Crippen molar-refractivity contribution in [3.8, 4) is 5.75 Å². The van der Waals surface area contributed by atoms with Crippen LogP contribution in [0.5, 0.6) is 5.75 Å². The topological polar surface area (TPSA) is 96.0 Å². The van der Waals surface area contributed by atoms with Gasteiger partial charge in [-0.05, 0) is 40.1 Å². The van der Waals surface area contributed by atoms with Crippen molar-refractivity contribution in [3.05, 3.63) is 47.8 Å². The van der Waals surface area contributed by atoms with Crippen molar-refractivity contribution in [2.45, 2.75) is 39.6 Å². The van der Waals surface area contributed by atoms with Crippen LogP contribution in [-0.4, -0.2) is 66.2 Å². The van der Waals surface area contributed by atoms with Crippen LogP contribution in [0.4, 0.5) is 0 Å². The van der Waals surface area contributed by atoms with Crippen molar-refractivity contribution in [2.75, 3.05) is 26.3 Å². The van der Waals surface area contributed by atoms with Gasteiger partial charge in [-0.3, -0.25) is 4.90 Å². The highest BCUT2D eigenvalue weighted by atomic mass is 35.5. The summed E-state index contributed by atoms with van der Waals surface area (Å²) in [4.78, 5) is 6.42. The quantitative estimate of drug-likeness (QED) is 0.546. The molecule has 10 nitrogen and oxygen atoms in total. The second-order valence-electron chi connectivity index (χ2n) is 8.58. The average molecular weight is 447 g/mol. The molecule has 31 heavy (non-hydrogen) atoms. The van der Waals surface area contributed by atoms with Crippen molar-refractivity contribution < 1.29 is 9.47 Å². The number of benzene rings is 1. The molecule has 1 aliphatic heterocycles. The molecule has 0 spiro atoms. The second-order valence-corrected chi connectivity index (χ2v) is 9.01. The molecule has 0 amide bonds. The Kier molecular flexibility index (Phi) is 6.49. The summed E-state index contributed by atoms with van der Waals surface area (Å²) in [5, 5.41) is 17.7. The lowest BCUT2D eigenvalue weighted by atomic mass is 9.85. The Labute approximate surface area is 186 Å². The molecule has 0 saturated carbocycles. The van der Waals surface area contributed by atoms with Crippen LogP contribution in [-0.2, 0) is 11.3 Å². The van der Waals surface area contributed by atoms with E-state index in [4.69, 9.17) is 21.1 Å². The molecule has 1 fully saturated rings. The van der Waals surface area contributed by atoms with Gasteiger partial charge in [0.2, 0.25) is 6.23 Å². The molecular formula is C20H27ClN8O2. The minimum Gasteiger partial charge on any atom is -0.466 e. The van der Waals surface area contributed by atoms with Gasteiger partial charge in [-0.15, -0.1) is 5.10 Å². The Morgan fingerprint density at radius 3 is 2.55 bits per heavy atom. The molecule has 0 bridgehead atoms. The van der Waals surface area contributed by atoms with Crippen LogP contribution in [0.3, 0.4) is 0 Å². The van der Waals surface area contributed by atoms with Crippen LogP contribution in [0, 0.1) is 5.41 Å². The summed E-state index contributed by atoms with van der Waals surface area (Å²) in [5.74, 6) is 1.44. The number of ether oxygens (including phenoxy) is 2. The highest BCUT2D eigenvalue weighted by Crippen LogP contribution is 2.40. The minimum atomic E-state index is -0.532. The third-order valence-corrected chi connectivity index (χ3v) is 5.47. The van der Waals surface area contributed by atoms with Crippen LogP contribution < -0.4 is 4.74 Å². The van der Waals surface area contributed by atoms with Crippen LogP contribution >= 0.6 is 11.6 Å². The first kappa shape index (κ1) is 21.7. The smallest absolute Gasteiger partial charge is 0.215 e. The predicted octanol–water partition coefficient (Wildman–Crippen LogP) is 2.62. The van der Waals surface area contributed by atoms with E-state index in [2.05, 4.69) is 51.3 Å². The van der Waals surface area contributed by atoms with E-state index in [1.54, 1.807) is 23.1 Å². The van der Waals surface area contributed by atoms with Gasteiger partial charge < -0.3 is 9.47 Å². The summed E-state index contributed by atoms with van der Waals surface area (Å²) in [5.41, 5.74) is -0.266. The Bertz CT molecular complexity index is 948. The number of tetrazole rings is 1. The average Bonchev–Trinajstić information content (AvgIpc) is 3.42. The van der Waals surface area contributed by atoms with Crippen molar-refractivity contribution in [2.24, 2.45) is 5.41 Å². The van der Waals surface area contributed by atoms with Crippen LogP contribution in [0.2, 0.25) is 5.02 Å². The van der Waals surface area contributed by atoms with E-state index in [1.807, 2.05) is 16.8 Å². The molecule has 0 N–H and O–H groups in total. The number of nitrogens with zero attached hydrogens (tertiary/aromatic N) is 8. The number of aromatic nitrogens is 7. The zero-order valence-corrected chi connectivity index (χ0v) is 18.7. The first-order valence-electron chi connectivity index (χ1n) is 10.2. The molecule has 1 aromatic carbocycles. The molecule has 11 heteroatoms. The standard InChI is InChI=1S/C20H27ClN8O2/c1-20(2,3)18(29-17(24-25-26-29)12-27-8-10-30-11-9-27)19(28-14-22-13-23-28)31-16-6-4-15(21)5-7-16/h4-7,13-14,18-19H,8-12H2,1-3H3. The van der Waals surface area contributed by atoms with Gasteiger partial charge in [0.15, 0.2) is 5.82 Å². The number of halogens is 1. The van der Waals surface area contributed by atoms with Crippen molar-refractivity contribution in [3.63, 3.8) is 0 Å². The van der Waals surface area contributed by atoms with Crippen molar-refractivity contribution in [1.82, 2.24) is 39.9 Å². The predicted molar refractivity (Wildman–Crippen MR) is 114 cm³/mol. The number of hydrogen-bond acceptors (Lipinski definition) is 8. The largest absolute Gasteiger partial charge is 0.466 e. The molecular weight excluding hydrogens is 420 g/mol. The Morgan fingerprint density at radius 1 is 1.16 bits per heavy atom. The molecule has 2 unspecified atom stereocenters. The zero-order chi connectivity index (χ0) is 21.8. The number of morpholine rings is 1. The lowest BCUT2D eigenvalue weighted by molar-refractivity contribution is -0.00390. The van der Waals surface area contributed by atoms with Gasteiger partial charge in [0, 0.05) is 18.1 Å². The monoisotopic (exact) mass is 446 g/mol. The van der Waals surface area contributed by atoms with Crippen molar-refractivity contribution in [1.29, 1.82) is 0 Å². The summed E-state index contributed by atoms with van der Waals surface area (Å²) >= 11 is 6.05. The van der Waals surface area contributed by atoms with E-state index in [0.29, 0.717) is 30.5 Å². The van der Waals surface area contributed by atoms with Crippen LogP contribution in [0.25, 0.3) is 0 Å². The molecule has 4 rings (SSSR count). The lowest BCUT2D eigenvalue weighted by Crippen LogP contribution is -2.40. The molecule has 3 heterocycles. The van der Waals surface area contributed by atoms with Crippen LogP contribution in [0.15, 0.2) is 36.9 Å². The van der Waals surface area contributed by atoms with E-state index in [-0.39, 0.29) is 11.5 Å². The summed E-state index contributed by atoms with van der Waals surface area (Å²) in [6.07, 6.45) is 2.60. The fourth-order valence-electron chi connectivity index (χ4n) is 3.67. The molecule has 2 aromatic heterocycles. The number of hydrogen-bond donors (Lipinski definition) is 0. The van der Waals surface area contributed by atoms with E-state index in [0.717, 1.165) is 18.9 Å². The SMILES string of the molecule is CC(C)(C)C(C(Oc1ccc(Cl)cc1)n1cncn1)n1nnnc1CN1CCOCC1. The Hall–Kier alpha value is -2.56. The minimum absolute atomic E-state index is 0.266. The third kappa shape index (κ3) is 5.20. The van der Waals surface area contributed by atoms with E-state index >= 15 is 0 Å². The van der Waals surface area contributed by atoms with Gasteiger partial charge in [-0.25, -0.2) is 14.3 Å². The van der Waals surface area contributed by atoms with E-state index < -0.39 is 6.23 Å². The first-order valence-corrected chi connectivity index (χ1v) is 10.6. The summed E-state index contributed by atoms with van der Waals surface area (Å²) in [6, 6.07) is 6.99. The molecule has 166 valence electrons. The van der Waals surface area contributed by atoms with Gasteiger partial charge in [-0.2, -0.15) is 5.10 Å². The molecule has 3 aromatic rings. The molecule has 0 radical (unpaired) electrons.